The van der Waals surface area contributed by atoms with Gasteiger partial charge in [0.15, 0.2) is 0 Å². The van der Waals surface area contributed by atoms with E-state index >= 15 is 0 Å². The highest BCUT2D eigenvalue weighted by atomic mass is 16.2. The Hall–Kier alpha value is -4.08. The van der Waals surface area contributed by atoms with Crippen LogP contribution in [0, 0.1) is 11.3 Å². The van der Waals surface area contributed by atoms with Crippen LogP contribution in [0.15, 0.2) is 96.7 Å². The molecule has 2 saturated heterocycles. The number of rotatable bonds is 7. The Kier molecular flexibility index (Phi) is 8.37. The maximum Gasteiger partial charge on any atom is 0.266 e. The number of nitrogens with zero attached hydrogens (tertiary/aromatic N) is 4. The summed E-state index contributed by atoms with van der Waals surface area (Å²) in [6.45, 7) is 4.85. The second-order valence-corrected chi connectivity index (χ2v) is 9.96. The Morgan fingerprint density at radius 3 is 1.89 bits per heavy atom. The second-order valence-electron chi connectivity index (χ2n) is 9.96. The van der Waals surface area contributed by atoms with Gasteiger partial charge in [-0.1, -0.05) is 60.7 Å². The van der Waals surface area contributed by atoms with E-state index in [-0.39, 0.29) is 17.5 Å². The number of nitriles is 1. The zero-order chi connectivity index (χ0) is 26.2. The van der Waals surface area contributed by atoms with Crippen LogP contribution >= 0.6 is 0 Å². The molecule has 3 aromatic rings. The van der Waals surface area contributed by atoms with Gasteiger partial charge in [-0.3, -0.25) is 9.69 Å². The van der Waals surface area contributed by atoms with E-state index in [2.05, 4.69) is 81.8 Å². The van der Waals surface area contributed by atoms with Gasteiger partial charge >= 0.3 is 0 Å². The van der Waals surface area contributed by atoms with Gasteiger partial charge < -0.3 is 15.1 Å². The minimum atomic E-state index is -0.222. The highest BCUT2D eigenvalue weighted by Crippen LogP contribution is 2.29. The molecule has 0 radical (unpaired) electrons. The average molecular weight is 506 g/mol. The summed E-state index contributed by atoms with van der Waals surface area (Å²) in [5, 5.41) is 12.9. The van der Waals surface area contributed by atoms with Gasteiger partial charge in [-0.2, -0.15) is 5.26 Å². The zero-order valence-electron chi connectivity index (χ0n) is 21.8. The predicted molar refractivity (Wildman–Crippen MR) is 153 cm³/mol. The van der Waals surface area contributed by atoms with E-state index in [0.717, 1.165) is 31.9 Å². The quantitative estimate of drug-likeness (QED) is 0.343. The largest absolute Gasteiger partial charge is 0.372 e. The molecule has 2 fully saturated rings. The summed E-state index contributed by atoms with van der Waals surface area (Å²) >= 11 is 0. The number of hydrogen-bond donors (Lipinski definition) is 1. The summed E-state index contributed by atoms with van der Waals surface area (Å²) in [7, 11) is 0. The Morgan fingerprint density at radius 1 is 0.763 bits per heavy atom. The summed E-state index contributed by atoms with van der Waals surface area (Å²) < 4.78 is 0. The maximum atomic E-state index is 13.2. The molecule has 0 atom stereocenters. The van der Waals surface area contributed by atoms with Crippen molar-refractivity contribution in [2.45, 2.75) is 25.3 Å². The first kappa shape index (κ1) is 25.6. The first-order chi connectivity index (χ1) is 18.7. The number of nitrogens with one attached hydrogen (secondary N) is 1. The molecule has 1 amide bonds. The fourth-order valence-electron chi connectivity index (χ4n) is 5.46. The Bertz CT molecular complexity index is 1210. The van der Waals surface area contributed by atoms with Crippen molar-refractivity contribution in [2.24, 2.45) is 0 Å². The van der Waals surface area contributed by atoms with Crippen LogP contribution in [0.3, 0.4) is 0 Å². The Balaban J connectivity index is 1.21. The molecule has 2 heterocycles. The smallest absolute Gasteiger partial charge is 0.266 e. The van der Waals surface area contributed by atoms with Crippen LogP contribution in [0.2, 0.25) is 0 Å². The SMILES string of the molecule is N#C/C(=C/Nc1ccc(N2CCCCC2)cc1)C(=O)N1CCN(C(c2ccccc2)c2ccccc2)CC1. The van der Waals surface area contributed by atoms with Gasteiger partial charge in [-0.05, 0) is 54.7 Å². The van der Waals surface area contributed by atoms with Gasteiger partial charge in [0.1, 0.15) is 11.6 Å². The van der Waals surface area contributed by atoms with Gasteiger partial charge in [-0.25, -0.2) is 0 Å². The van der Waals surface area contributed by atoms with Gasteiger partial charge in [0.25, 0.3) is 5.91 Å². The molecule has 6 nitrogen and oxygen atoms in total. The summed E-state index contributed by atoms with van der Waals surface area (Å²) in [6.07, 6.45) is 5.33. The fourth-order valence-corrected chi connectivity index (χ4v) is 5.46. The third-order valence-corrected chi connectivity index (χ3v) is 7.52. The molecule has 3 aromatic carbocycles. The van der Waals surface area contributed by atoms with Crippen molar-refractivity contribution in [3.8, 4) is 6.07 Å². The van der Waals surface area contributed by atoms with Crippen molar-refractivity contribution in [1.82, 2.24) is 9.80 Å². The van der Waals surface area contributed by atoms with E-state index in [1.807, 2.05) is 24.3 Å². The van der Waals surface area contributed by atoms with Crippen LogP contribution in [-0.2, 0) is 4.79 Å². The van der Waals surface area contributed by atoms with Crippen LogP contribution in [0.1, 0.15) is 36.4 Å². The number of hydrogen-bond acceptors (Lipinski definition) is 5. The minimum absolute atomic E-state index is 0.126. The summed E-state index contributed by atoms with van der Waals surface area (Å²) in [5.74, 6) is -0.222. The highest BCUT2D eigenvalue weighted by molar-refractivity contribution is 5.97. The molecular weight excluding hydrogens is 470 g/mol. The average Bonchev–Trinajstić information content (AvgIpc) is 3.00. The number of amides is 1. The van der Waals surface area contributed by atoms with E-state index in [1.165, 1.54) is 36.1 Å². The van der Waals surface area contributed by atoms with Crippen LogP contribution in [0.25, 0.3) is 0 Å². The number of piperazine rings is 1. The molecule has 0 bridgehead atoms. The molecule has 2 aliphatic rings. The van der Waals surface area contributed by atoms with Crippen molar-refractivity contribution in [2.75, 3.05) is 49.5 Å². The van der Waals surface area contributed by atoms with Crippen molar-refractivity contribution in [1.29, 1.82) is 5.26 Å². The molecule has 1 N–H and O–H groups in total. The zero-order valence-corrected chi connectivity index (χ0v) is 21.8. The lowest BCUT2D eigenvalue weighted by molar-refractivity contribution is -0.128. The third-order valence-electron chi connectivity index (χ3n) is 7.52. The molecular formula is C32H35N5O. The van der Waals surface area contributed by atoms with Crippen molar-refractivity contribution >= 4 is 17.3 Å². The van der Waals surface area contributed by atoms with Crippen LogP contribution in [0.4, 0.5) is 11.4 Å². The number of anilines is 2. The van der Waals surface area contributed by atoms with E-state index in [4.69, 9.17) is 0 Å². The fraction of sp³-hybridized carbons (Fsp3) is 0.312. The van der Waals surface area contributed by atoms with Gasteiger partial charge in [-0.15, -0.1) is 0 Å². The topological polar surface area (TPSA) is 62.6 Å². The van der Waals surface area contributed by atoms with E-state index in [1.54, 1.807) is 11.1 Å². The van der Waals surface area contributed by atoms with Crippen LogP contribution < -0.4 is 10.2 Å². The predicted octanol–water partition coefficient (Wildman–Crippen LogP) is 5.43. The normalized spacial score (nSPS) is 16.8. The molecule has 6 heteroatoms. The van der Waals surface area contributed by atoms with Gasteiger partial charge in [0.05, 0.1) is 6.04 Å². The molecule has 5 rings (SSSR count). The number of carbonyl (C=O) groups excluding carboxylic acids is 1. The lowest BCUT2D eigenvalue weighted by Gasteiger charge is -2.39. The molecule has 0 aliphatic carbocycles. The minimum Gasteiger partial charge on any atom is -0.372 e. The lowest BCUT2D eigenvalue weighted by atomic mass is 9.96. The Morgan fingerprint density at radius 2 is 1.34 bits per heavy atom. The number of carbonyl (C=O) groups is 1. The first-order valence-electron chi connectivity index (χ1n) is 13.6. The molecule has 0 spiro atoms. The van der Waals surface area contributed by atoms with E-state index in [9.17, 15) is 10.1 Å². The number of piperidine rings is 1. The molecule has 0 aromatic heterocycles. The van der Waals surface area contributed by atoms with Gasteiger partial charge in [0, 0.05) is 56.8 Å². The molecule has 194 valence electrons. The van der Waals surface area contributed by atoms with Crippen molar-refractivity contribution in [3.63, 3.8) is 0 Å². The monoisotopic (exact) mass is 505 g/mol. The molecule has 0 saturated carbocycles. The molecule has 2 aliphatic heterocycles. The summed E-state index contributed by atoms with van der Waals surface area (Å²) in [6, 6.07) is 31.5. The van der Waals surface area contributed by atoms with E-state index < -0.39 is 0 Å². The third kappa shape index (κ3) is 6.07. The molecule has 0 unspecified atom stereocenters. The summed E-state index contributed by atoms with van der Waals surface area (Å²) in [5.41, 5.74) is 4.70. The van der Waals surface area contributed by atoms with Crippen LogP contribution in [0.5, 0.6) is 0 Å². The van der Waals surface area contributed by atoms with Gasteiger partial charge in [0.2, 0.25) is 0 Å². The molecule has 38 heavy (non-hydrogen) atoms. The van der Waals surface area contributed by atoms with Crippen molar-refractivity contribution < 1.29 is 4.79 Å². The summed E-state index contributed by atoms with van der Waals surface area (Å²) in [4.78, 5) is 19.8. The van der Waals surface area contributed by atoms with Crippen molar-refractivity contribution in [3.05, 3.63) is 108 Å². The first-order valence-corrected chi connectivity index (χ1v) is 13.6. The second kappa shape index (κ2) is 12.4. The lowest BCUT2D eigenvalue weighted by Crippen LogP contribution is -2.50. The standard InChI is InChI=1S/C32H35N5O/c33-24-28(25-34-29-14-16-30(17-15-29)35-18-8-3-9-19-35)32(38)37-22-20-36(21-23-37)31(26-10-4-1-5-11-26)27-12-6-2-7-13-27/h1-2,4-7,10-17,25,31,34H,3,8-9,18-23H2/b28-25-. The van der Waals surface area contributed by atoms with Crippen LogP contribution in [-0.4, -0.2) is 55.0 Å². The maximum absolute atomic E-state index is 13.2. The van der Waals surface area contributed by atoms with E-state index in [0.29, 0.717) is 13.1 Å². The number of benzene rings is 3. The highest BCUT2D eigenvalue weighted by Gasteiger charge is 2.29. The Labute approximate surface area is 225 Å².